The minimum Gasteiger partial charge on any atom is -0.0911 e. The molecule has 0 bridgehead atoms. The van der Waals surface area contributed by atoms with Gasteiger partial charge < -0.3 is 0 Å². The summed E-state index contributed by atoms with van der Waals surface area (Å²) in [5, 5.41) is 0. The van der Waals surface area contributed by atoms with Crippen LogP contribution in [0.5, 0.6) is 0 Å². The molecule has 0 amide bonds. The summed E-state index contributed by atoms with van der Waals surface area (Å²) in [5.41, 5.74) is 0.711. The van der Waals surface area contributed by atoms with Gasteiger partial charge in [-0.05, 0) is 36.0 Å². The zero-order valence-electron chi connectivity index (χ0n) is 13.4. The molecule has 0 nitrogen and oxygen atoms in total. The van der Waals surface area contributed by atoms with Gasteiger partial charge in [0, 0.05) is 0 Å². The SMILES string of the molecule is CC=CC(CC)(C(C)C(C)CC)C(C)(C)CC. The van der Waals surface area contributed by atoms with Gasteiger partial charge in [-0.1, -0.05) is 73.5 Å². The van der Waals surface area contributed by atoms with E-state index in [9.17, 15) is 0 Å². The average molecular weight is 238 g/mol. The van der Waals surface area contributed by atoms with E-state index in [0.717, 1.165) is 11.8 Å². The van der Waals surface area contributed by atoms with Crippen LogP contribution in [0, 0.1) is 22.7 Å². The molecule has 0 aromatic rings. The first kappa shape index (κ1) is 16.7. The second kappa shape index (κ2) is 6.61. The summed E-state index contributed by atoms with van der Waals surface area (Å²) >= 11 is 0. The Morgan fingerprint density at radius 1 is 1.00 bits per heavy atom. The van der Waals surface area contributed by atoms with Crippen LogP contribution < -0.4 is 0 Å². The van der Waals surface area contributed by atoms with Crippen LogP contribution in [-0.2, 0) is 0 Å². The Morgan fingerprint density at radius 3 is 1.82 bits per heavy atom. The molecule has 0 aliphatic heterocycles. The minimum absolute atomic E-state index is 0.339. The van der Waals surface area contributed by atoms with E-state index in [1.165, 1.54) is 19.3 Å². The summed E-state index contributed by atoms with van der Waals surface area (Å²) in [5.74, 6) is 1.53. The lowest BCUT2D eigenvalue weighted by molar-refractivity contribution is 0.0235. The lowest BCUT2D eigenvalue weighted by Crippen LogP contribution is -2.43. The van der Waals surface area contributed by atoms with Gasteiger partial charge in [0.05, 0.1) is 0 Å². The normalized spacial score (nSPS) is 20.2. The van der Waals surface area contributed by atoms with Gasteiger partial charge >= 0.3 is 0 Å². The van der Waals surface area contributed by atoms with Gasteiger partial charge in [0.25, 0.3) is 0 Å². The van der Waals surface area contributed by atoms with Gasteiger partial charge in [0.1, 0.15) is 0 Å². The number of rotatable bonds is 7. The summed E-state index contributed by atoms with van der Waals surface area (Å²) in [7, 11) is 0. The first-order valence-corrected chi connectivity index (χ1v) is 7.46. The second-order valence-electron chi connectivity index (χ2n) is 6.31. The third kappa shape index (κ3) is 3.14. The Hall–Kier alpha value is -0.260. The summed E-state index contributed by atoms with van der Waals surface area (Å²) in [6.07, 6.45) is 8.52. The van der Waals surface area contributed by atoms with Crippen LogP contribution in [0.25, 0.3) is 0 Å². The fraction of sp³-hybridized carbons (Fsp3) is 0.882. The third-order valence-electron chi connectivity index (χ3n) is 5.50. The number of hydrogen-bond donors (Lipinski definition) is 0. The van der Waals surface area contributed by atoms with Gasteiger partial charge in [0.2, 0.25) is 0 Å². The first-order valence-electron chi connectivity index (χ1n) is 7.46. The molecular formula is C17H34. The molecule has 0 aliphatic rings. The molecule has 102 valence electrons. The molecule has 0 heteroatoms. The number of allylic oxidation sites excluding steroid dienone is 2. The second-order valence-corrected chi connectivity index (χ2v) is 6.31. The molecule has 0 aromatic carbocycles. The highest BCUT2D eigenvalue weighted by atomic mass is 14.5. The van der Waals surface area contributed by atoms with Crippen molar-refractivity contribution >= 4 is 0 Å². The predicted octanol–water partition coefficient (Wildman–Crippen LogP) is 6.08. The van der Waals surface area contributed by atoms with Gasteiger partial charge in [0.15, 0.2) is 0 Å². The molecule has 0 saturated heterocycles. The topological polar surface area (TPSA) is 0 Å². The molecule has 0 radical (unpaired) electrons. The summed E-state index contributed by atoms with van der Waals surface area (Å²) in [4.78, 5) is 0. The maximum Gasteiger partial charge on any atom is -0.00418 e. The van der Waals surface area contributed by atoms with Crippen LogP contribution >= 0.6 is 0 Å². The van der Waals surface area contributed by atoms with Crippen LogP contribution in [-0.4, -0.2) is 0 Å². The molecule has 3 atom stereocenters. The van der Waals surface area contributed by atoms with Gasteiger partial charge in [-0.3, -0.25) is 0 Å². The van der Waals surface area contributed by atoms with E-state index in [4.69, 9.17) is 0 Å². The van der Waals surface area contributed by atoms with Crippen molar-refractivity contribution in [3.05, 3.63) is 12.2 Å². The Bertz CT molecular complexity index is 236. The summed E-state index contributed by atoms with van der Waals surface area (Å²) < 4.78 is 0. The van der Waals surface area contributed by atoms with E-state index in [0.29, 0.717) is 10.8 Å². The van der Waals surface area contributed by atoms with E-state index < -0.39 is 0 Å². The van der Waals surface area contributed by atoms with Crippen molar-refractivity contribution in [2.45, 2.75) is 74.7 Å². The van der Waals surface area contributed by atoms with Crippen molar-refractivity contribution in [1.82, 2.24) is 0 Å². The third-order valence-corrected chi connectivity index (χ3v) is 5.50. The Labute approximate surface area is 110 Å². The fourth-order valence-corrected chi connectivity index (χ4v) is 3.40. The predicted molar refractivity (Wildman–Crippen MR) is 80.2 cm³/mol. The molecule has 3 unspecified atom stereocenters. The highest BCUT2D eigenvalue weighted by Crippen LogP contribution is 2.53. The molecule has 0 rings (SSSR count). The molecule has 17 heavy (non-hydrogen) atoms. The molecule has 0 aliphatic carbocycles. The average Bonchev–Trinajstić information content (AvgIpc) is 2.33. The van der Waals surface area contributed by atoms with E-state index in [1.807, 2.05) is 0 Å². The van der Waals surface area contributed by atoms with Crippen LogP contribution in [0.2, 0.25) is 0 Å². The lowest BCUT2D eigenvalue weighted by Gasteiger charge is -2.50. The van der Waals surface area contributed by atoms with Crippen molar-refractivity contribution in [3.8, 4) is 0 Å². The van der Waals surface area contributed by atoms with Crippen LogP contribution in [0.15, 0.2) is 12.2 Å². The molecule has 0 aromatic heterocycles. The quantitative estimate of drug-likeness (QED) is 0.472. The Balaban J connectivity index is 5.51. The molecule has 0 N–H and O–H groups in total. The standard InChI is InChI=1S/C17H34/c1-9-13-17(12-4,16(7,8)11-3)15(6)14(5)10-2/h9,13-15H,10-12H2,1-8H3. The zero-order valence-corrected chi connectivity index (χ0v) is 13.4. The summed E-state index contributed by atoms with van der Waals surface area (Å²) in [6, 6.07) is 0. The highest BCUT2D eigenvalue weighted by molar-refractivity contribution is 5.08. The maximum absolute atomic E-state index is 2.49. The minimum atomic E-state index is 0.339. The van der Waals surface area contributed by atoms with E-state index in [-0.39, 0.29) is 0 Å². The van der Waals surface area contributed by atoms with Crippen LogP contribution in [0.1, 0.15) is 74.7 Å². The zero-order chi connectivity index (χ0) is 13.7. The van der Waals surface area contributed by atoms with Crippen molar-refractivity contribution < 1.29 is 0 Å². The maximum atomic E-state index is 2.49. The van der Waals surface area contributed by atoms with Crippen LogP contribution in [0.3, 0.4) is 0 Å². The molecule has 0 spiro atoms. The highest BCUT2D eigenvalue weighted by Gasteiger charge is 2.45. The monoisotopic (exact) mass is 238 g/mol. The van der Waals surface area contributed by atoms with E-state index in [2.05, 4.69) is 67.5 Å². The van der Waals surface area contributed by atoms with Crippen molar-refractivity contribution in [3.63, 3.8) is 0 Å². The summed E-state index contributed by atoms with van der Waals surface area (Å²) in [6.45, 7) is 18.9. The largest absolute Gasteiger partial charge is 0.0911 e. The fourth-order valence-electron chi connectivity index (χ4n) is 3.40. The molecule has 0 fully saturated rings. The van der Waals surface area contributed by atoms with Crippen molar-refractivity contribution in [2.75, 3.05) is 0 Å². The van der Waals surface area contributed by atoms with Gasteiger partial charge in [-0.15, -0.1) is 0 Å². The smallest absolute Gasteiger partial charge is 0.00418 e. The lowest BCUT2D eigenvalue weighted by atomic mass is 9.54. The molecule has 0 saturated carbocycles. The Kier molecular flexibility index (Phi) is 6.51. The number of hydrogen-bond acceptors (Lipinski definition) is 0. The van der Waals surface area contributed by atoms with Crippen molar-refractivity contribution in [1.29, 1.82) is 0 Å². The van der Waals surface area contributed by atoms with Crippen molar-refractivity contribution in [2.24, 2.45) is 22.7 Å². The molecule has 0 heterocycles. The van der Waals surface area contributed by atoms with E-state index in [1.54, 1.807) is 0 Å². The van der Waals surface area contributed by atoms with Gasteiger partial charge in [-0.2, -0.15) is 0 Å². The molecular weight excluding hydrogens is 204 g/mol. The van der Waals surface area contributed by atoms with Gasteiger partial charge in [-0.25, -0.2) is 0 Å². The van der Waals surface area contributed by atoms with E-state index >= 15 is 0 Å². The first-order chi connectivity index (χ1) is 7.82. The van der Waals surface area contributed by atoms with Crippen LogP contribution in [0.4, 0.5) is 0 Å². The Morgan fingerprint density at radius 2 is 1.53 bits per heavy atom.